The lowest BCUT2D eigenvalue weighted by Gasteiger charge is -2.08. The average Bonchev–Trinajstić information content (AvgIpc) is 3.32. The molecule has 3 aromatic carbocycles. The molecule has 5 heteroatoms. The van der Waals surface area contributed by atoms with Crippen molar-refractivity contribution in [3.8, 4) is 6.07 Å². The van der Waals surface area contributed by atoms with E-state index in [2.05, 4.69) is 27.0 Å². The van der Waals surface area contributed by atoms with Crippen LogP contribution in [-0.2, 0) is 0 Å². The van der Waals surface area contributed by atoms with E-state index in [4.69, 9.17) is 0 Å². The van der Waals surface area contributed by atoms with Gasteiger partial charge in [0, 0.05) is 38.6 Å². The number of aromatic nitrogens is 1. The summed E-state index contributed by atoms with van der Waals surface area (Å²) in [6, 6.07) is 26.2. The van der Waals surface area contributed by atoms with Gasteiger partial charge in [0.05, 0.1) is 12.0 Å². The van der Waals surface area contributed by atoms with Gasteiger partial charge in [0.15, 0.2) is 11.6 Å². The minimum atomic E-state index is -1.45. The second kappa shape index (κ2) is 7.33. The molecule has 1 fully saturated rings. The highest BCUT2D eigenvalue weighted by atomic mass is 79.9. The molecule has 1 saturated carbocycles. The summed E-state index contributed by atoms with van der Waals surface area (Å²) in [5.41, 5.74) is 1.14. The molecular weight excluding hydrogens is 452 g/mol. The highest BCUT2D eigenvalue weighted by Crippen LogP contribution is 2.67. The molecule has 0 aliphatic heterocycles. The Morgan fingerprint density at radius 1 is 0.968 bits per heavy atom. The SMILES string of the molecule is N#C[C@]1(C(=O)c2c[nH]c3ccccc23)[C@H](C(=O)c2ccccc2)[C@H]1c1cccc(Br)c1. The number of rotatable bonds is 5. The number of nitrogens with zero attached hydrogens (tertiary/aromatic N) is 1. The Hall–Kier alpha value is -3.49. The Labute approximate surface area is 187 Å². The fourth-order valence-corrected chi connectivity index (χ4v) is 5.05. The first kappa shape index (κ1) is 19.5. The van der Waals surface area contributed by atoms with E-state index in [0.29, 0.717) is 11.1 Å². The number of ketones is 2. The van der Waals surface area contributed by atoms with Gasteiger partial charge in [-0.05, 0) is 23.8 Å². The largest absolute Gasteiger partial charge is 0.360 e. The number of hydrogen-bond donors (Lipinski definition) is 1. The molecule has 0 amide bonds. The Morgan fingerprint density at radius 2 is 1.71 bits per heavy atom. The third-order valence-corrected chi connectivity index (χ3v) is 6.64. The van der Waals surface area contributed by atoms with E-state index < -0.39 is 17.3 Å². The van der Waals surface area contributed by atoms with Crippen molar-refractivity contribution in [2.75, 3.05) is 0 Å². The second-order valence-electron chi connectivity index (χ2n) is 7.80. The zero-order valence-corrected chi connectivity index (χ0v) is 18.0. The van der Waals surface area contributed by atoms with E-state index >= 15 is 0 Å². The Balaban J connectivity index is 1.65. The van der Waals surface area contributed by atoms with Crippen LogP contribution in [0.1, 0.15) is 32.2 Å². The third-order valence-electron chi connectivity index (χ3n) is 6.15. The van der Waals surface area contributed by atoms with Crippen LogP contribution in [0.2, 0.25) is 0 Å². The van der Waals surface area contributed by atoms with E-state index in [1.165, 1.54) is 0 Å². The first-order chi connectivity index (χ1) is 15.1. The first-order valence-electron chi connectivity index (χ1n) is 9.95. The monoisotopic (exact) mass is 468 g/mol. The number of carbonyl (C=O) groups excluding carboxylic acids is 2. The molecule has 31 heavy (non-hydrogen) atoms. The van der Waals surface area contributed by atoms with Crippen molar-refractivity contribution in [2.24, 2.45) is 11.3 Å². The van der Waals surface area contributed by atoms with Crippen molar-refractivity contribution in [3.63, 3.8) is 0 Å². The Morgan fingerprint density at radius 3 is 2.45 bits per heavy atom. The number of benzene rings is 3. The summed E-state index contributed by atoms with van der Waals surface area (Å²) in [6.45, 7) is 0. The van der Waals surface area contributed by atoms with Gasteiger partial charge in [-0.15, -0.1) is 0 Å². The number of nitriles is 1. The van der Waals surface area contributed by atoms with Crippen LogP contribution in [0.3, 0.4) is 0 Å². The second-order valence-corrected chi connectivity index (χ2v) is 8.71. The highest BCUT2D eigenvalue weighted by molar-refractivity contribution is 9.10. The number of fused-ring (bicyclic) bond motifs is 1. The van der Waals surface area contributed by atoms with Crippen molar-refractivity contribution in [1.82, 2.24) is 4.98 Å². The van der Waals surface area contributed by atoms with Crippen LogP contribution in [0.4, 0.5) is 0 Å². The fraction of sp³-hybridized carbons (Fsp3) is 0.115. The number of halogens is 1. The zero-order chi connectivity index (χ0) is 21.6. The van der Waals surface area contributed by atoms with Gasteiger partial charge < -0.3 is 4.98 Å². The molecule has 1 N–H and O–H groups in total. The van der Waals surface area contributed by atoms with Gasteiger partial charge in [-0.3, -0.25) is 9.59 Å². The summed E-state index contributed by atoms with van der Waals surface area (Å²) in [5, 5.41) is 11.1. The van der Waals surface area contributed by atoms with Gasteiger partial charge in [-0.1, -0.05) is 76.6 Å². The summed E-state index contributed by atoms with van der Waals surface area (Å²) in [6.07, 6.45) is 1.65. The van der Waals surface area contributed by atoms with Gasteiger partial charge >= 0.3 is 0 Å². The van der Waals surface area contributed by atoms with Gasteiger partial charge in [-0.25, -0.2) is 0 Å². The summed E-state index contributed by atoms with van der Waals surface area (Å²) in [7, 11) is 0. The van der Waals surface area contributed by atoms with Crippen molar-refractivity contribution in [1.29, 1.82) is 5.26 Å². The van der Waals surface area contributed by atoms with Crippen LogP contribution in [0.5, 0.6) is 0 Å². The summed E-state index contributed by atoms with van der Waals surface area (Å²) < 4.78 is 0.842. The lowest BCUT2D eigenvalue weighted by atomic mass is 9.89. The van der Waals surface area contributed by atoms with E-state index in [-0.39, 0.29) is 11.6 Å². The predicted molar refractivity (Wildman–Crippen MR) is 122 cm³/mol. The van der Waals surface area contributed by atoms with Crippen molar-refractivity contribution in [3.05, 3.63) is 106 Å². The van der Waals surface area contributed by atoms with Gasteiger partial charge in [0.1, 0.15) is 5.41 Å². The molecule has 0 bridgehead atoms. The highest BCUT2D eigenvalue weighted by Gasteiger charge is 2.73. The first-order valence-corrected chi connectivity index (χ1v) is 10.7. The fourth-order valence-electron chi connectivity index (χ4n) is 4.64. The lowest BCUT2D eigenvalue weighted by molar-refractivity contribution is 0.0875. The van der Waals surface area contributed by atoms with Crippen LogP contribution < -0.4 is 0 Å². The van der Waals surface area contributed by atoms with Gasteiger partial charge in [-0.2, -0.15) is 5.26 Å². The van der Waals surface area contributed by atoms with Gasteiger partial charge in [0.2, 0.25) is 0 Å². The number of para-hydroxylation sites is 1. The molecular formula is C26H17BrN2O2. The minimum Gasteiger partial charge on any atom is -0.360 e. The van der Waals surface area contributed by atoms with Crippen LogP contribution >= 0.6 is 15.9 Å². The normalized spacial score (nSPS) is 22.1. The molecule has 1 heterocycles. The van der Waals surface area contributed by atoms with E-state index in [0.717, 1.165) is 20.9 Å². The van der Waals surface area contributed by atoms with Crippen LogP contribution in [0.25, 0.3) is 10.9 Å². The summed E-state index contributed by atoms with van der Waals surface area (Å²) >= 11 is 3.47. The van der Waals surface area contributed by atoms with Crippen LogP contribution in [0, 0.1) is 22.7 Å². The van der Waals surface area contributed by atoms with E-state index in [9.17, 15) is 14.9 Å². The smallest absolute Gasteiger partial charge is 0.186 e. The van der Waals surface area contributed by atoms with E-state index in [1.807, 2.05) is 54.6 Å². The standard InChI is InChI=1S/C26H17BrN2O2/c27-18-10-6-9-17(13-18)22-23(24(30)16-7-2-1-3-8-16)26(22,15-28)25(31)20-14-29-21-12-5-4-11-19(20)21/h1-14,22-23,29H/t22-,23+,26-/m1/s1. The molecule has 0 unspecified atom stereocenters. The van der Waals surface area contributed by atoms with Crippen LogP contribution in [-0.4, -0.2) is 16.6 Å². The number of aromatic amines is 1. The Kier molecular flexibility index (Phi) is 4.60. The molecule has 1 aromatic heterocycles. The minimum absolute atomic E-state index is 0.180. The number of Topliss-reactive ketones (excluding diaryl/α,β-unsaturated/α-hetero) is 2. The quantitative estimate of drug-likeness (QED) is 0.369. The van der Waals surface area contributed by atoms with Crippen molar-refractivity contribution >= 4 is 38.4 Å². The van der Waals surface area contributed by atoms with E-state index in [1.54, 1.807) is 30.5 Å². The molecule has 0 saturated heterocycles. The van der Waals surface area contributed by atoms with Crippen molar-refractivity contribution < 1.29 is 9.59 Å². The number of hydrogen-bond acceptors (Lipinski definition) is 3. The molecule has 0 spiro atoms. The topological polar surface area (TPSA) is 73.7 Å². The molecule has 1 aliphatic rings. The summed E-state index contributed by atoms with van der Waals surface area (Å²) in [4.78, 5) is 30.4. The molecule has 0 radical (unpaired) electrons. The molecule has 4 nitrogen and oxygen atoms in total. The van der Waals surface area contributed by atoms with Gasteiger partial charge in [0.25, 0.3) is 0 Å². The maximum Gasteiger partial charge on any atom is 0.186 e. The van der Waals surface area contributed by atoms with Crippen LogP contribution in [0.15, 0.2) is 89.5 Å². The maximum absolute atomic E-state index is 13.8. The molecule has 1 aliphatic carbocycles. The predicted octanol–water partition coefficient (Wildman–Crippen LogP) is 5.92. The Bertz CT molecular complexity index is 1370. The molecule has 3 atom stereocenters. The third kappa shape index (κ3) is 2.95. The number of nitrogens with one attached hydrogen (secondary N) is 1. The summed E-state index contributed by atoms with van der Waals surface area (Å²) in [5.74, 6) is -1.74. The molecule has 150 valence electrons. The number of H-pyrrole nitrogens is 1. The number of carbonyl (C=O) groups is 2. The lowest BCUT2D eigenvalue weighted by Crippen LogP contribution is -2.20. The molecule has 4 aromatic rings. The molecule has 5 rings (SSSR count). The average molecular weight is 469 g/mol. The zero-order valence-electron chi connectivity index (χ0n) is 16.4. The maximum atomic E-state index is 13.8. The van der Waals surface area contributed by atoms with Crippen molar-refractivity contribution in [2.45, 2.75) is 5.92 Å².